The Balaban J connectivity index is 1.37. The molecule has 1 N–H and O–H groups in total. The molecule has 5 rings (SSSR count). The minimum Gasteiger partial charge on any atom is -0.482 e. The van der Waals surface area contributed by atoms with Crippen LogP contribution in [-0.4, -0.2) is 18.3 Å². The zero-order chi connectivity index (χ0) is 24.7. The molecule has 174 valence electrons. The van der Waals surface area contributed by atoms with Gasteiger partial charge < -0.3 is 10.1 Å². The fourth-order valence-electron chi connectivity index (χ4n) is 4.34. The van der Waals surface area contributed by atoms with Crippen molar-refractivity contribution < 1.29 is 14.3 Å². The van der Waals surface area contributed by atoms with Crippen LogP contribution < -0.4 is 10.1 Å². The van der Waals surface area contributed by atoms with Gasteiger partial charge in [0.2, 0.25) is 0 Å². The van der Waals surface area contributed by atoms with Gasteiger partial charge in [0.25, 0.3) is 5.91 Å². The minimum absolute atomic E-state index is 0.0796. The van der Waals surface area contributed by atoms with Crippen molar-refractivity contribution in [3.8, 4) is 5.75 Å². The minimum atomic E-state index is -0.341. The van der Waals surface area contributed by atoms with Crippen LogP contribution in [0.1, 0.15) is 23.7 Å². The lowest BCUT2D eigenvalue weighted by molar-refractivity contribution is -0.118. The van der Waals surface area contributed by atoms with Crippen LogP contribution in [0, 0.1) is 0 Å². The molecule has 1 amide bonds. The van der Waals surface area contributed by atoms with Gasteiger partial charge in [0.15, 0.2) is 12.4 Å². The lowest BCUT2D eigenvalue weighted by Crippen LogP contribution is -2.20. The molecule has 0 saturated heterocycles. The third kappa shape index (κ3) is 4.09. The number of allylic oxidation sites excluding steroid dienone is 1. The van der Waals surface area contributed by atoms with Crippen LogP contribution in [-0.2, 0) is 4.79 Å². The molecule has 0 spiro atoms. The van der Waals surface area contributed by atoms with Crippen LogP contribution in [0.2, 0.25) is 10.0 Å². The van der Waals surface area contributed by atoms with Gasteiger partial charge in [0, 0.05) is 16.6 Å². The molecule has 0 aromatic heterocycles. The highest BCUT2D eigenvalue weighted by Gasteiger charge is 2.19. The summed E-state index contributed by atoms with van der Waals surface area (Å²) in [4.78, 5) is 25.2. The number of benzene rings is 5. The SMILES string of the molecule is C=C(CC)C(=O)c1ccc(OCC(=O)Nc2ccc3ccc4cccc5ccc2c3c45)c(Cl)c1Cl. The maximum atomic E-state index is 12.8. The van der Waals surface area contributed by atoms with Crippen LogP contribution in [0.25, 0.3) is 32.3 Å². The lowest BCUT2D eigenvalue weighted by atomic mass is 9.93. The van der Waals surface area contributed by atoms with Gasteiger partial charge in [-0.3, -0.25) is 9.59 Å². The van der Waals surface area contributed by atoms with Crippen molar-refractivity contribution in [2.24, 2.45) is 0 Å². The highest BCUT2D eigenvalue weighted by atomic mass is 35.5. The lowest BCUT2D eigenvalue weighted by Gasteiger charge is -2.15. The Morgan fingerprint density at radius 1 is 0.857 bits per heavy atom. The summed E-state index contributed by atoms with van der Waals surface area (Å²) in [5, 5.41) is 9.78. The number of carbonyl (C=O) groups is 2. The van der Waals surface area contributed by atoms with Gasteiger partial charge in [-0.15, -0.1) is 0 Å². The van der Waals surface area contributed by atoms with E-state index in [9.17, 15) is 9.59 Å². The second-order valence-electron chi connectivity index (χ2n) is 8.33. The first-order valence-electron chi connectivity index (χ1n) is 11.2. The van der Waals surface area contributed by atoms with Gasteiger partial charge in [-0.25, -0.2) is 0 Å². The zero-order valence-electron chi connectivity index (χ0n) is 19.0. The summed E-state index contributed by atoms with van der Waals surface area (Å²) in [5.41, 5.74) is 1.39. The third-order valence-corrected chi connectivity index (χ3v) is 7.07. The fraction of sp³-hybridized carbons (Fsp3) is 0.103. The number of ketones is 1. The Morgan fingerprint density at radius 3 is 2.23 bits per heavy atom. The van der Waals surface area contributed by atoms with Gasteiger partial charge in [-0.05, 0) is 57.1 Å². The van der Waals surface area contributed by atoms with E-state index in [0.717, 1.165) is 26.9 Å². The summed E-state index contributed by atoms with van der Waals surface area (Å²) in [6.07, 6.45) is 0.508. The molecule has 0 aliphatic heterocycles. The van der Waals surface area contributed by atoms with E-state index in [4.69, 9.17) is 27.9 Å². The standard InChI is InChI=1S/C29H21Cl2NO3/c1-3-16(2)29(34)21-12-14-23(28(31)27(21)30)35-15-24(33)32-22-13-10-19-8-7-17-5-4-6-18-9-11-20(22)26(19)25(17)18/h4-14H,2-3,15H2,1H3,(H,32,33). The van der Waals surface area contributed by atoms with Crippen LogP contribution >= 0.6 is 23.2 Å². The Morgan fingerprint density at radius 2 is 1.51 bits per heavy atom. The summed E-state index contributed by atoms with van der Waals surface area (Å²) in [6, 6.07) is 21.5. The highest BCUT2D eigenvalue weighted by Crippen LogP contribution is 2.38. The Kier molecular flexibility index (Phi) is 6.10. The van der Waals surface area contributed by atoms with Gasteiger partial charge in [-0.2, -0.15) is 0 Å². The average molecular weight is 502 g/mol. The third-order valence-electron chi connectivity index (χ3n) is 6.20. The molecule has 0 aliphatic rings. The van der Waals surface area contributed by atoms with E-state index in [1.165, 1.54) is 17.5 Å². The molecule has 4 nitrogen and oxygen atoms in total. The number of carbonyl (C=O) groups excluding carboxylic acids is 2. The maximum Gasteiger partial charge on any atom is 0.262 e. The van der Waals surface area contributed by atoms with Crippen molar-refractivity contribution in [2.75, 3.05) is 11.9 Å². The van der Waals surface area contributed by atoms with E-state index < -0.39 is 0 Å². The monoisotopic (exact) mass is 501 g/mol. The largest absolute Gasteiger partial charge is 0.482 e. The molecule has 0 fully saturated rings. The molecule has 0 bridgehead atoms. The van der Waals surface area contributed by atoms with E-state index in [1.807, 2.05) is 31.2 Å². The number of rotatable bonds is 7. The Hall–Kier alpha value is -3.60. The van der Waals surface area contributed by atoms with Crippen LogP contribution in [0.5, 0.6) is 5.75 Å². The normalized spacial score (nSPS) is 11.3. The molecule has 0 saturated carbocycles. The number of hydrogen-bond acceptors (Lipinski definition) is 3. The number of nitrogens with one attached hydrogen (secondary N) is 1. The van der Waals surface area contributed by atoms with Crippen molar-refractivity contribution in [3.63, 3.8) is 0 Å². The van der Waals surface area contributed by atoms with Gasteiger partial charge in [0.1, 0.15) is 10.8 Å². The molecule has 0 unspecified atom stereocenters. The van der Waals surface area contributed by atoms with Crippen LogP contribution in [0.3, 0.4) is 0 Å². The van der Waals surface area contributed by atoms with Gasteiger partial charge >= 0.3 is 0 Å². The molecule has 0 atom stereocenters. The molecule has 5 aromatic carbocycles. The topological polar surface area (TPSA) is 55.4 Å². The number of amides is 1. The van der Waals surface area contributed by atoms with Crippen molar-refractivity contribution in [1.29, 1.82) is 0 Å². The van der Waals surface area contributed by atoms with E-state index in [1.54, 1.807) is 0 Å². The van der Waals surface area contributed by atoms with E-state index >= 15 is 0 Å². The van der Waals surface area contributed by atoms with E-state index in [0.29, 0.717) is 17.7 Å². The molecule has 6 heteroatoms. The molecule has 5 aromatic rings. The summed E-state index contributed by atoms with van der Waals surface area (Å²) in [6.45, 7) is 5.32. The molecular weight excluding hydrogens is 481 g/mol. The molecule has 0 radical (unpaired) electrons. The fourth-order valence-corrected chi connectivity index (χ4v) is 4.80. The summed E-state index contributed by atoms with van der Waals surface area (Å²) >= 11 is 12.6. The second kappa shape index (κ2) is 9.21. The molecule has 0 aliphatic carbocycles. The van der Waals surface area contributed by atoms with E-state index in [2.05, 4.69) is 42.2 Å². The maximum absolute atomic E-state index is 12.8. The smallest absolute Gasteiger partial charge is 0.262 e. The van der Waals surface area contributed by atoms with Crippen LogP contribution in [0.15, 0.2) is 78.9 Å². The molecule has 0 heterocycles. The van der Waals surface area contributed by atoms with Crippen molar-refractivity contribution in [3.05, 3.63) is 94.5 Å². The highest BCUT2D eigenvalue weighted by molar-refractivity contribution is 6.45. The van der Waals surface area contributed by atoms with E-state index in [-0.39, 0.29) is 39.7 Å². The molecule has 35 heavy (non-hydrogen) atoms. The van der Waals surface area contributed by atoms with Crippen LogP contribution in [0.4, 0.5) is 5.69 Å². The summed E-state index contributed by atoms with van der Waals surface area (Å²) in [5.74, 6) is -0.384. The number of hydrogen-bond donors (Lipinski definition) is 1. The number of ether oxygens (including phenoxy) is 1. The van der Waals surface area contributed by atoms with Crippen molar-refractivity contribution in [2.45, 2.75) is 13.3 Å². The first-order chi connectivity index (χ1) is 16.9. The van der Waals surface area contributed by atoms with Gasteiger partial charge in [-0.1, -0.05) is 85.2 Å². The Labute approximate surface area is 212 Å². The number of anilines is 1. The van der Waals surface area contributed by atoms with Crippen molar-refractivity contribution in [1.82, 2.24) is 0 Å². The van der Waals surface area contributed by atoms with Gasteiger partial charge in [0.05, 0.1) is 5.02 Å². The predicted octanol–water partition coefficient (Wildman–Crippen LogP) is 8.06. The van der Waals surface area contributed by atoms with Crippen molar-refractivity contribution >= 4 is 72.9 Å². The first kappa shape index (κ1) is 23.2. The number of halogens is 2. The molecular formula is C29H21Cl2NO3. The average Bonchev–Trinajstić information content (AvgIpc) is 2.88. The predicted molar refractivity (Wildman–Crippen MR) is 144 cm³/mol. The quantitative estimate of drug-likeness (QED) is 0.139. The zero-order valence-corrected chi connectivity index (χ0v) is 20.5. The summed E-state index contributed by atoms with van der Waals surface area (Å²) < 4.78 is 5.64. The second-order valence-corrected chi connectivity index (χ2v) is 9.09. The number of Topliss-reactive ketones (excluding diaryl/α,β-unsaturated/α-hetero) is 1. The summed E-state index contributed by atoms with van der Waals surface area (Å²) in [7, 11) is 0. The Bertz CT molecular complexity index is 1620. The first-order valence-corrected chi connectivity index (χ1v) is 11.9.